The van der Waals surface area contributed by atoms with Crippen LogP contribution in [0.5, 0.6) is 0 Å². The Morgan fingerprint density at radius 3 is 1.75 bits per heavy atom. The molecule has 0 saturated carbocycles. The maximum Gasteiger partial charge on any atom is 0.138 e. The van der Waals surface area contributed by atoms with Crippen molar-refractivity contribution in [1.82, 2.24) is 14.8 Å². The highest BCUT2D eigenvalue weighted by Crippen LogP contribution is 1.92. The summed E-state index contributed by atoms with van der Waals surface area (Å²) in [5.41, 5.74) is 1.32. The minimum absolute atomic E-state index is 0.944. The van der Waals surface area contributed by atoms with Gasteiger partial charge in [0, 0.05) is 7.05 Å². The Morgan fingerprint density at radius 2 is 1.56 bits per heavy atom. The molecule has 0 unspecified atom stereocenters. The van der Waals surface area contributed by atoms with Crippen molar-refractivity contribution in [1.29, 1.82) is 0 Å². The van der Waals surface area contributed by atoms with Gasteiger partial charge in [0.2, 0.25) is 0 Å². The molecule has 0 saturated heterocycles. The highest BCUT2D eigenvalue weighted by atomic mass is 15.3. The van der Waals surface area contributed by atoms with E-state index in [0.717, 1.165) is 5.82 Å². The number of aryl methyl sites for hydroxylation is 3. The zero-order chi connectivity index (χ0) is 12.4. The lowest BCUT2D eigenvalue weighted by Gasteiger charge is -1.84. The molecule has 0 fully saturated rings. The van der Waals surface area contributed by atoms with Crippen LogP contribution in [0, 0.1) is 13.8 Å². The Labute approximate surface area is 98.2 Å². The smallest absolute Gasteiger partial charge is 0.138 e. The first-order valence-electron chi connectivity index (χ1n) is 5.52. The average molecular weight is 219 g/mol. The molecule has 0 amide bonds. The van der Waals surface area contributed by atoms with E-state index in [1.54, 1.807) is 4.68 Å². The molecule has 0 N–H and O–H groups in total. The molecular weight excluding hydrogens is 198 g/mol. The molecule has 0 aliphatic rings. The minimum Gasteiger partial charge on any atom is -0.253 e. The van der Waals surface area contributed by atoms with Crippen LogP contribution in [0.3, 0.4) is 0 Å². The summed E-state index contributed by atoms with van der Waals surface area (Å²) in [5, 5.41) is 3.82. The minimum atomic E-state index is 0.944. The third-order valence-corrected chi connectivity index (χ3v) is 1.88. The van der Waals surface area contributed by atoms with E-state index in [2.05, 4.69) is 29.1 Å². The number of nitrogens with zero attached hydrogens (tertiary/aromatic N) is 3. The molecule has 3 nitrogen and oxygen atoms in total. The zero-order valence-electron chi connectivity index (χ0n) is 10.8. The zero-order valence-corrected chi connectivity index (χ0v) is 10.8. The fourth-order valence-electron chi connectivity index (χ4n) is 0.888. The monoisotopic (exact) mass is 219 g/mol. The third-order valence-electron chi connectivity index (χ3n) is 1.88. The predicted octanol–water partition coefficient (Wildman–Crippen LogP) is 3.14. The van der Waals surface area contributed by atoms with Gasteiger partial charge in [-0.15, -0.1) is 0 Å². The number of benzene rings is 1. The lowest BCUT2D eigenvalue weighted by atomic mass is 10.2. The van der Waals surface area contributed by atoms with E-state index in [9.17, 15) is 0 Å². The molecule has 0 bridgehead atoms. The number of hydrogen-bond donors (Lipinski definition) is 0. The molecule has 0 aliphatic carbocycles. The van der Waals surface area contributed by atoms with Crippen molar-refractivity contribution < 1.29 is 0 Å². The van der Waals surface area contributed by atoms with Crippen LogP contribution >= 0.6 is 0 Å². The first-order valence-corrected chi connectivity index (χ1v) is 5.52. The van der Waals surface area contributed by atoms with Gasteiger partial charge in [0.1, 0.15) is 12.2 Å². The van der Waals surface area contributed by atoms with Crippen molar-refractivity contribution in [3.8, 4) is 0 Å². The van der Waals surface area contributed by atoms with Gasteiger partial charge in [-0.1, -0.05) is 49.7 Å². The Hall–Kier alpha value is -1.64. The molecule has 0 aliphatic heterocycles. The van der Waals surface area contributed by atoms with E-state index >= 15 is 0 Å². The van der Waals surface area contributed by atoms with Crippen LogP contribution in [0.2, 0.25) is 0 Å². The quantitative estimate of drug-likeness (QED) is 0.681. The van der Waals surface area contributed by atoms with Gasteiger partial charge in [0.25, 0.3) is 0 Å². The van der Waals surface area contributed by atoms with Gasteiger partial charge in [-0.25, -0.2) is 4.98 Å². The van der Waals surface area contributed by atoms with Crippen molar-refractivity contribution in [2.45, 2.75) is 27.7 Å². The number of hydrogen-bond acceptors (Lipinski definition) is 2. The van der Waals surface area contributed by atoms with E-state index in [1.165, 1.54) is 11.9 Å². The lowest BCUT2D eigenvalue weighted by molar-refractivity contribution is 0.734. The van der Waals surface area contributed by atoms with E-state index in [4.69, 9.17) is 0 Å². The van der Waals surface area contributed by atoms with Crippen molar-refractivity contribution in [3.63, 3.8) is 0 Å². The topological polar surface area (TPSA) is 30.7 Å². The summed E-state index contributed by atoms with van der Waals surface area (Å²) in [5.74, 6) is 0.944. The predicted molar refractivity (Wildman–Crippen MR) is 68.3 cm³/mol. The maximum absolute atomic E-state index is 3.87. The summed E-state index contributed by atoms with van der Waals surface area (Å²) >= 11 is 0. The summed E-state index contributed by atoms with van der Waals surface area (Å²) in [6.45, 7) is 7.99. The van der Waals surface area contributed by atoms with Crippen LogP contribution in [0.25, 0.3) is 0 Å². The average Bonchev–Trinajstić information content (AvgIpc) is 2.68. The van der Waals surface area contributed by atoms with Gasteiger partial charge >= 0.3 is 0 Å². The highest BCUT2D eigenvalue weighted by molar-refractivity contribution is 5.11. The molecule has 1 aromatic carbocycles. The van der Waals surface area contributed by atoms with Crippen LogP contribution in [0.15, 0.2) is 36.7 Å². The van der Waals surface area contributed by atoms with E-state index in [-0.39, 0.29) is 0 Å². The third kappa shape index (κ3) is 5.96. The fraction of sp³-hybridized carbons (Fsp3) is 0.385. The molecule has 1 heterocycles. The molecule has 0 atom stereocenters. The first-order chi connectivity index (χ1) is 7.70. The van der Waals surface area contributed by atoms with Crippen molar-refractivity contribution in [3.05, 3.63) is 48.0 Å². The normalized spacial score (nSPS) is 8.31. The van der Waals surface area contributed by atoms with Crippen molar-refractivity contribution in [2.24, 2.45) is 7.05 Å². The number of rotatable bonds is 0. The Morgan fingerprint density at radius 1 is 1.00 bits per heavy atom. The van der Waals surface area contributed by atoms with E-state index < -0.39 is 0 Å². The Bertz CT molecular complexity index is 349. The second kappa shape index (κ2) is 8.65. The van der Waals surface area contributed by atoms with Gasteiger partial charge in [0.05, 0.1) is 0 Å². The Balaban J connectivity index is 0.000000244. The first kappa shape index (κ1) is 14.4. The SMILES string of the molecule is CC.Cc1ccccc1.Cc1ncnn1C. The summed E-state index contributed by atoms with van der Waals surface area (Å²) in [6.07, 6.45) is 1.54. The second-order valence-electron chi connectivity index (χ2n) is 3.09. The van der Waals surface area contributed by atoms with Gasteiger partial charge in [0.15, 0.2) is 0 Å². The van der Waals surface area contributed by atoms with Crippen LogP contribution in [-0.4, -0.2) is 14.8 Å². The van der Waals surface area contributed by atoms with Crippen LogP contribution in [0.1, 0.15) is 25.2 Å². The standard InChI is InChI=1S/C7H8.C4H7N3.C2H6/c1-7-5-3-2-4-6-7;1-4-5-3-6-7(4)2;1-2/h2-6H,1H3;3H,1-2H3;1-2H3. The summed E-state index contributed by atoms with van der Waals surface area (Å²) in [6, 6.07) is 10.3. The molecule has 2 aromatic rings. The van der Waals surface area contributed by atoms with E-state index in [0.29, 0.717) is 0 Å². The summed E-state index contributed by atoms with van der Waals surface area (Å²) in [4.78, 5) is 3.87. The van der Waals surface area contributed by atoms with Crippen molar-refractivity contribution in [2.75, 3.05) is 0 Å². The molecule has 16 heavy (non-hydrogen) atoms. The van der Waals surface area contributed by atoms with Gasteiger partial charge < -0.3 is 0 Å². The molecule has 0 radical (unpaired) electrons. The molecule has 2 rings (SSSR count). The maximum atomic E-state index is 3.87. The lowest BCUT2D eigenvalue weighted by Crippen LogP contribution is -1.91. The molecule has 1 aromatic heterocycles. The van der Waals surface area contributed by atoms with Gasteiger partial charge in [-0.2, -0.15) is 5.10 Å². The van der Waals surface area contributed by atoms with Crippen LogP contribution in [-0.2, 0) is 7.05 Å². The second-order valence-corrected chi connectivity index (χ2v) is 3.09. The highest BCUT2D eigenvalue weighted by Gasteiger charge is 1.85. The number of aromatic nitrogens is 3. The molecule has 88 valence electrons. The van der Waals surface area contributed by atoms with E-state index in [1.807, 2.05) is 46.0 Å². The summed E-state index contributed by atoms with van der Waals surface area (Å²) < 4.78 is 1.72. The molecule has 0 spiro atoms. The fourth-order valence-corrected chi connectivity index (χ4v) is 0.888. The summed E-state index contributed by atoms with van der Waals surface area (Å²) in [7, 11) is 1.86. The Kier molecular flexibility index (Phi) is 7.76. The molecule has 3 heteroatoms. The van der Waals surface area contributed by atoms with Crippen LogP contribution < -0.4 is 0 Å². The van der Waals surface area contributed by atoms with Gasteiger partial charge in [-0.05, 0) is 13.8 Å². The largest absolute Gasteiger partial charge is 0.253 e. The van der Waals surface area contributed by atoms with Crippen molar-refractivity contribution >= 4 is 0 Å². The molecular formula is C13H21N3. The van der Waals surface area contributed by atoms with Gasteiger partial charge in [-0.3, -0.25) is 4.68 Å². The van der Waals surface area contributed by atoms with Crippen LogP contribution in [0.4, 0.5) is 0 Å².